The van der Waals surface area contributed by atoms with Gasteiger partial charge in [-0.1, -0.05) is 28.9 Å². The fourth-order valence-electron chi connectivity index (χ4n) is 2.69. The summed E-state index contributed by atoms with van der Waals surface area (Å²) in [5.41, 5.74) is 1.49. The maximum absolute atomic E-state index is 12.5. The molecule has 0 amide bonds. The van der Waals surface area contributed by atoms with E-state index in [0.717, 1.165) is 12.0 Å². The van der Waals surface area contributed by atoms with Crippen LogP contribution in [0.15, 0.2) is 46.1 Å². The van der Waals surface area contributed by atoms with Gasteiger partial charge < -0.3 is 4.52 Å². The quantitative estimate of drug-likeness (QED) is 0.533. The Labute approximate surface area is 153 Å². The van der Waals surface area contributed by atoms with Crippen molar-refractivity contribution in [2.45, 2.75) is 19.4 Å². The number of hydrogen-bond donors (Lipinski definition) is 0. The Morgan fingerprint density at radius 3 is 2.81 bits per heavy atom. The van der Waals surface area contributed by atoms with E-state index >= 15 is 0 Å². The third kappa shape index (κ3) is 3.23. The molecule has 0 saturated heterocycles. The normalized spacial score (nSPS) is 11.3. The number of fused-ring (bicyclic) bond motifs is 1. The van der Waals surface area contributed by atoms with Gasteiger partial charge in [0.05, 0.1) is 6.20 Å². The first-order valence-corrected chi connectivity index (χ1v) is 8.41. The maximum Gasteiger partial charge on any atom is 0.264 e. The number of aryl methyl sites for hydroxylation is 3. The first kappa shape index (κ1) is 16.5. The van der Waals surface area contributed by atoms with Gasteiger partial charge in [-0.25, -0.2) is 4.98 Å². The van der Waals surface area contributed by atoms with Gasteiger partial charge in [0.15, 0.2) is 11.5 Å². The number of hydrogen-bond acceptors (Lipinski definition) is 6. The molecule has 0 radical (unpaired) electrons. The average molecular weight is 371 g/mol. The molecule has 0 bridgehead atoms. The van der Waals surface area contributed by atoms with Crippen molar-refractivity contribution >= 4 is 22.6 Å². The zero-order valence-electron chi connectivity index (χ0n) is 14.0. The zero-order chi connectivity index (χ0) is 18.1. The predicted octanol–water partition coefficient (Wildman–Crippen LogP) is 2.00. The molecule has 0 fully saturated rings. The Morgan fingerprint density at radius 2 is 2.00 bits per heavy atom. The standard InChI is InChI=1S/C17H15ClN6O2/c1-23-16-13(8-20-23)17(25)24(10-19-16)9-15-21-14(22-26-15)7-4-11-2-5-12(18)6-3-11/h2-3,5-6,8,10H,4,7,9H2,1H3. The molecule has 26 heavy (non-hydrogen) atoms. The first-order chi connectivity index (χ1) is 12.6. The lowest BCUT2D eigenvalue weighted by Crippen LogP contribution is -2.21. The Kier molecular flexibility index (Phi) is 4.26. The van der Waals surface area contributed by atoms with Crippen LogP contribution in [0.2, 0.25) is 5.02 Å². The minimum absolute atomic E-state index is 0.171. The summed E-state index contributed by atoms with van der Waals surface area (Å²) in [6.07, 6.45) is 4.38. The van der Waals surface area contributed by atoms with E-state index < -0.39 is 0 Å². The molecule has 4 rings (SSSR count). The SMILES string of the molecule is Cn1ncc2c(=O)n(Cc3nc(CCc4ccc(Cl)cc4)no3)cnc21. The lowest BCUT2D eigenvalue weighted by atomic mass is 10.1. The Balaban J connectivity index is 1.47. The molecule has 9 heteroatoms. The molecule has 0 aliphatic rings. The van der Waals surface area contributed by atoms with E-state index in [1.165, 1.54) is 17.1 Å². The third-order valence-corrected chi connectivity index (χ3v) is 4.34. The zero-order valence-corrected chi connectivity index (χ0v) is 14.7. The summed E-state index contributed by atoms with van der Waals surface area (Å²) in [6, 6.07) is 7.65. The molecular weight excluding hydrogens is 356 g/mol. The molecule has 132 valence electrons. The monoisotopic (exact) mass is 370 g/mol. The molecule has 0 N–H and O–H groups in total. The number of halogens is 1. The summed E-state index contributed by atoms with van der Waals surface area (Å²) in [5, 5.41) is 9.19. The van der Waals surface area contributed by atoms with Gasteiger partial charge in [-0.15, -0.1) is 0 Å². The fourth-order valence-corrected chi connectivity index (χ4v) is 2.81. The van der Waals surface area contributed by atoms with Crippen LogP contribution in [0.4, 0.5) is 0 Å². The largest absolute Gasteiger partial charge is 0.337 e. The number of nitrogens with zero attached hydrogens (tertiary/aromatic N) is 6. The lowest BCUT2D eigenvalue weighted by Gasteiger charge is -2.01. The number of rotatable bonds is 5. The summed E-state index contributed by atoms with van der Waals surface area (Å²) < 4.78 is 8.25. The van der Waals surface area contributed by atoms with Crippen LogP contribution in [-0.4, -0.2) is 29.5 Å². The fraction of sp³-hybridized carbons (Fsp3) is 0.235. The summed E-state index contributed by atoms with van der Waals surface area (Å²) >= 11 is 5.88. The van der Waals surface area contributed by atoms with Crippen LogP contribution in [0.1, 0.15) is 17.3 Å². The highest BCUT2D eigenvalue weighted by atomic mass is 35.5. The van der Waals surface area contributed by atoms with Crippen molar-refractivity contribution in [3.8, 4) is 0 Å². The molecule has 4 aromatic rings. The van der Waals surface area contributed by atoms with E-state index in [-0.39, 0.29) is 12.1 Å². The van der Waals surface area contributed by atoms with Crippen molar-refractivity contribution in [3.63, 3.8) is 0 Å². The number of aromatic nitrogens is 6. The van der Waals surface area contributed by atoms with Gasteiger partial charge in [0, 0.05) is 18.5 Å². The molecule has 0 spiro atoms. The van der Waals surface area contributed by atoms with Crippen LogP contribution < -0.4 is 5.56 Å². The first-order valence-electron chi connectivity index (χ1n) is 8.03. The maximum atomic E-state index is 12.5. The molecule has 3 aromatic heterocycles. The highest BCUT2D eigenvalue weighted by Crippen LogP contribution is 2.12. The van der Waals surface area contributed by atoms with Gasteiger partial charge >= 0.3 is 0 Å². The van der Waals surface area contributed by atoms with E-state index in [1.54, 1.807) is 11.7 Å². The van der Waals surface area contributed by atoms with E-state index in [4.69, 9.17) is 16.1 Å². The van der Waals surface area contributed by atoms with Crippen LogP contribution in [0.3, 0.4) is 0 Å². The van der Waals surface area contributed by atoms with E-state index in [9.17, 15) is 4.79 Å². The van der Waals surface area contributed by atoms with Crippen LogP contribution in [0.25, 0.3) is 11.0 Å². The van der Waals surface area contributed by atoms with Gasteiger partial charge in [-0.05, 0) is 24.1 Å². The van der Waals surface area contributed by atoms with Crippen LogP contribution >= 0.6 is 11.6 Å². The van der Waals surface area contributed by atoms with E-state index in [1.807, 2.05) is 24.3 Å². The van der Waals surface area contributed by atoms with Gasteiger partial charge in [-0.3, -0.25) is 14.0 Å². The smallest absolute Gasteiger partial charge is 0.264 e. The summed E-state index contributed by atoms with van der Waals surface area (Å²) in [7, 11) is 1.74. The summed E-state index contributed by atoms with van der Waals surface area (Å²) in [4.78, 5) is 21.1. The number of benzene rings is 1. The predicted molar refractivity (Wildman–Crippen MR) is 95.0 cm³/mol. The van der Waals surface area contributed by atoms with Crippen LogP contribution in [0.5, 0.6) is 0 Å². The summed E-state index contributed by atoms with van der Waals surface area (Å²) in [6.45, 7) is 0.171. The molecule has 0 unspecified atom stereocenters. The van der Waals surface area contributed by atoms with Crippen molar-refractivity contribution in [2.24, 2.45) is 7.05 Å². The highest BCUT2D eigenvalue weighted by Gasteiger charge is 2.12. The van der Waals surface area contributed by atoms with E-state index in [0.29, 0.717) is 34.2 Å². The Bertz CT molecular complexity index is 1110. The molecule has 1 aromatic carbocycles. The van der Waals surface area contributed by atoms with Gasteiger partial charge in [-0.2, -0.15) is 10.1 Å². The Hall–Kier alpha value is -3.00. The van der Waals surface area contributed by atoms with Gasteiger partial charge in [0.25, 0.3) is 5.56 Å². The second-order valence-electron chi connectivity index (χ2n) is 5.91. The molecule has 3 heterocycles. The molecular formula is C17H15ClN6O2. The minimum atomic E-state index is -0.191. The minimum Gasteiger partial charge on any atom is -0.337 e. The topological polar surface area (TPSA) is 91.6 Å². The molecule has 0 aliphatic heterocycles. The third-order valence-electron chi connectivity index (χ3n) is 4.08. The average Bonchev–Trinajstić information content (AvgIpc) is 3.24. The Morgan fingerprint density at radius 1 is 1.19 bits per heavy atom. The molecule has 0 aliphatic carbocycles. The highest BCUT2D eigenvalue weighted by molar-refractivity contribution is 6.30. The van der Waals surface area contributed by atoms with Gasteiger partial charge in [0.2, 0.25) is 5.89 Å². The van der Waals surface area contributed by atoms with Crippen molar-refractivity contribution < 1.29 is 4.52 Å². The molecule has 8 nitrogen and oxygen atoms in total. The molecule has 0 atom stereocenters. The van der Waals surface area contributed by atoms with Crippen LogP contribution in [0, 0.1) is 0 Å². The van der Waals surface area contributed by atoms with Crippen LogP contribution in [-0.2, 0) is 26.4 Å². The molecule has 0 saturated carbocycles. The second kappa shape index (κ2) is 6.72. The summed E-state index contributed by atoms with van der Waals surface area (Å²) in [5.74, 6) is 0.960. The second-order valence-corrected chi connectivity index (χ2v) is 6.35. The van der Waals surface area contributed by atoms with Crippen molar-refractivity contribution in [3.05, 3.63) is 69.4 Å². The van der Waals surface area contributed by atoms with Crippen molar-refractivity contribution in [1.82, 2.24) is 29.5 Å². The lowest BCUT2D eigenvalue weighted by molar-refractivity contribution is 0.364. The van der Waals surface area contributed by atoms with Crippen molar-refractivity contribution in [1.29, 1.82) is 0 Å². The van der Waals surface area contributed by atoms with E-state index in [2.05, 4.69) is 20.2 Å². The van der Waals surface area contributed by atoms with Gasteiger partial charge in [0.1, 0.15) is 18.3 Å². The van der Waals surface area contributed by atoms with Crippen molar-refractivity contribution in [2.75, 3.05) is 0 Å².